The Morgan fingerprint density at radius 1 is 1.23 bits per heavy atom. The first kappa shape index (κ1) is 17.1. The van der Waals surface area contributed by atoms with Crippen LogP contribution in [0.1, 0.15) is 43.7 Å². The Bertz CT molecular complexity index is 881. The lowest BCUT2D eigenvalue weighted by Crippen LogP contribution is -2.40. The van der Waals surface area contributed by atoms with Gasteiger partial charge in [0.25, 0.3) is 5.91 Å². The van der Waals surface area contributed by atoms with Crippen LogP contribution in [0.4, 0.5) is 0 Å². The fraction of sp³-hybridized carbons (Fsp3) is 0.524. The molecular formula is C21H25NO4. The van der Waals surface area contributed by atoms with E-state index < -0.39 is 0 Å². The minimum absolute atomic E-state index is 0.0171. The maximum atomic E-state index is 12.4. The maximum absolute atomic E-state index is 12.4. The Morgan fingerprint density at radius 3 is 2.54 bits per heavy atom. The van der Waals surface area contributed by atoms with Gasteiger partial charge in [-0.25, -0.2) is 4.79 Å². The molecule has 5 heteroatoms. The summed E-state index contributed by atoms with van der Waals surface area (Å²) >= 11 is 0. The van der Waals surface area contributed by atoms with E-state index in [4.69, 9.17) is 9.15 Å². The molecule has 2 fully saturated rings. The van der Waals surface area contributed by atoms with Crippen molar-refractivity contribution in [3.05, 3.63) is 39.7 Å². The fourth-order valence-corrected chi connectivity index (χ4v) is 3.77. The molecule has 0 atom stereocenters. The minimum atomic E-state index is -0.361. The van der Waals surface area contributed by atoms with Crippen LogP contribution in [-0.2, 0) is 11.2 Å². The Hall–Kier alpha value is -2.30. The van der Waals surface area contributed by atoms with Crippen LogP contribution in [-0.4, -0.2) is 18.6 Å². The normalized spacial score (nSPS) is 16.9. The first-order chi connectivity index (χ1) is 12.5. The summed E-state index contributed by atoms with van der Waals surface area (Å²) in [7, 11) is 0. The van der Waals surface area contributed by atoms with Crippen LogP contribution < -0.4 is 15.7 Å². The molecule has 1 heterocycles. The number of hydrogen-bond donors (Lipinski definition) is 1. The Kier molecular flexibility index (Phi) is 4.47. The molecule has 0 unspecified atom stereocenters. The summed E-state index contributed by atoms with van der Waals surface area (Å²) in [5.74, 6) is 1.85. The molecule has 0 aliphatic heterocycles. The molecule has 0 saturated heterocycles. The highest BCUT2D eigenvalue weighted by Crippen LogP contribution is 2.44. The highest BCUT2D eigenvalue weighted by Gasteiger charge is 2.42. The quantitative estimate of drug-likeness (QED) is 0.774. The van der Waals surface area contributed by atoms with Gasteiger partial charge in [-0.1, -0.05) is 6.92 Å². The van der Waals surface area contributed by atoms with Crippen molar-refractivity contribution in [2.75, 3.05) is 6.61 Å². The molecule has 0 bridgehead atoms. The third-order valence-electron chi connectivity index (χ3n) is 5.36. The average Bonchev–Trinajstić information content (AvgIpc) is 3.49. The summed E-state index contributed by atoms with van der Waals surface area (Å²) in [5.41, 5.74) is 1.96. The fourth-order valence-electron chi connectivity index (χ4n) is 3.77. The summed E-state index contributed by atoms with van der Waals surface area (Å²) in [5, 5.41) is 3.96. The van der Waals surface area contributed by atoms with E-state index in [1.54, 1.807) is 0 Å². The van der Waals surface area contributed by atoms with E-state index in [-0.39, 0.29) is 18.1 Å². The largest absolute Gasteiger partial charge is 0.483 e. The zero-order chi connectivity index (χ0) is 18.3. The molecule has 0 radical (unpaired) electrons. The van der Waals surface area contributed by atoms with Crippen molar-refractivity contribution < 1.29 is 13.9 Å². The minimum Gasteiger partial charge on any atom is -0.483 e. The van der Waals surface area contributed by atoms with E-state index in [1.165, 1.54) is 31.7 Å². The molecule has 2 aliphatic rings. The van der Waals surface area contributed by atoms with Crippen LogP contribution in [0, 0.1) is 18.8 Å². The number of hydrogen-bond acceptors (Lipinski definition) is 4. The zero-order valence-corrected chi connectivity index (χ0v) is 15.3. The van der Waals surface area contributed by atoms with E-state index in [2.05, 4.69) is 5.32 Å². The van der Waals surface area contributed by atoms with Crippen molar-refractivity contribution >= 4 is 16.9 Å². The molecule has 138 valence electrons. The smallest absolute Gasteiger partial charge is 0.336 e. The van der Waals surface area contributed by atoms with Crippen molar-refractivity contribution in [2.45, 2.75) is 52.0 Å². The SMILES string of the molecule is CCc1cc(=O)oc2cc(C)cc(OCC(=O)NC(C3CC3)C3CC3)c12. The van der Waals surface area contributed by atoms with Crippen LogP contribution in [0.2, 0.25) is 0 Å². The van der Waals surface area contributed by atoms with Gasteiger partial charge >= 0.3 is 5.63 Å². The predicted octanol–water partition coefficient (Wildman–Crippen LogP) is 3.35. The number of amides is 1. The van der Waals surface area contributed by atoms with Crippen molar-refractivity contribution in [3.8, 4) is 5.75 Å². The van der Waals surface area contributed by atoms with Crippen molar-refractivity contribution in [3.63, 3.8) is 0 Å². The van der Waals surface area contributed by atoms with Crippen molar-refractivity contribution in [2.24, 2.45) is 11.8 Å². The van der Waals surface area contributed by atoms with Gasteiger partial charge in [0.05, 0.1) is 5.39 Å². The number of carbonyl (C=O) groups excluding carboxylic acids is 1. The van der Waals surface area contributed by atoms with E-state index in [1.807, 2.05) is 26.0 Å². The second-order valence-corrected chi connectivity index (χ2v) is 7.64. The van der Waals surface area contributed by atoms with Gasteiger partial charge in [-0.15, -0.1) is 0 Å². The number of aryl methyl sites for hydroxylation is 2. The number of ether oxygens (including phenoxy) is 1. The first-order valence-corrected chi connectivity index (χ1v) is 9.54. The highest BCUT2D eigenvalue weighted by atomic mass is 16.5. The predicted molar refractivity (Wildman–Crippen MR) is 99.5 cm³/mol. The van der Waals surface area contributed by atoms with E-state index in [9.17, 15) is 9.59 Å². The second-order valence-electron chi connectivity index (χ2n) is 7.64. The second kappa shape index (κ2) is 6.78. The Morgan fingerprint density at radius 2 is 1.92 bits per heavy atom. The van der Waals surface area contributed by atoms with Gasteiger partial charge in [0, 0.05) is 12.1 Å². The van der Waals surface area contributed by atoms with Gasteiger partial charge in [0.1, 0.15) is 11.3 Å². The van der Waals surface area contributed by atoms with Crippen LogP contribution in [0.25, 0.3) is 11.0 Å². The van der Waals surface area contributed by atoms with Gasteiger partial charge in [-0.2, -0.15) is 0 Å². The Labute approximate surface area is 152 Å². The lowest BCUT2D eigenvalue weighted by molar-refractivity contribution is -0.124. The first-order valence-electron chi connectivity index (χ1n) is 9.54. The van der Waals surface area contributed by atoms with Gasteiger partial charge in [-0.05, 0) is 74.1 Å². The molecule has 26 heavy (non-hydrogen) atoms. The molecular weight excluding hydrogens is 330 g/mol. The number of rotatable bonds is 7. The molecule has 2 aromatic rings. The van der Waals surface area contributed by atoms with Gasteiger partial charge in [-0.3, -0.25) is 4.79 Å². The molecule has 1 aromatic carbocycles. The lowest BCUT2D eigenvalue weighted by Gasteiger charge is -2.18. The van der Waals surface area contributed by atoms with Crippen molar-refractivity contribution in [1.82, 2.24) is 5.32 Å². The zero-order valence-electron chi connectivity index (χ0n) is 15.3. The number of benzene rings is 1. The van der Waals surface area contributed by atoms with Crippen LogP contribution in [0.15, 0.2) is 27.4 Å². The summed E-state index contributed by atoms with van der Waals surface area (Å²) in [6.45, 7) is 3.89. The average molecular weight is 355 g/mol. The lowest BCUT2D eigenvalue weighted by atomic mass is 10.1. The molecule has 0 spiro atoms. The highest BCUT2D eigenvalue weighted by molar-refractivity contribution is 5.88. The Balaban J connectivity index is 1.53. The monoisotopic (exact) mass is 355 g/mol. The van der Waals surface area contributed by atoms with Gasteiger partial charge in [0.2, 0.25) is 0 Å². The molecule has 1 N–H and O–H groups in total. The molecule has 5 nitrogen and oxygen atoms in total. The summed E-state index contributed by atoms with van der Waals surface area (Å²) in [6, 6.07) is 5.55. The molecule has 1 amide bonds. The van der Waals surface area contributed by atoms with Crippen LogP contribution in [0.3, 0.4) is 0 Å². The third-order valence-corrected chi connectivity index (χ3v) is 5.36. The molecule has 1 aromatic heterocycles. The van der Waals surface area contributed by atoms with E-state index in [0.717, 1.165) is 16.5 Å². The topological polar surface area (TPSA) is 68.5 Å². The third kappa shape index (κ3) is 3.62. The van der Waals surface area contributed by atoms with Crippen LogP contribution in [0.5, 0.6) is 5.75 Å². The summed E-state index contributed by atoms with van der Waals surface area (Å²) < 4.78 is 11.2. The molecule has 2 aliphatic carbocycles. The van der Waals surface area contributed by atoms with Crippen LogP contribution >= 0.6 is 0 Å². The standard InChI is InChI=1S/C21H25NO4/c1-3-13-10-19(24)26-17-9-12(2)8-16(20(13)17)25-11-18(23)22-21(14-4-5-14)15-6-7-15/h8-10,14-15,21H,3-7,11H2,1-2H3,(H,22,23). The maximum Gasteiger partial charge on any atom is 0.336 e. The summed E-state index contributed by atoms with van der Waals surface area (Å²) in [4.78, 5) is 24.2. The number of nitrogens with one attached hydrogen (secondary N) is 1. The van der Waals surface area contributed by atoms with Gasteiger partial charge < -0.3 is 14.5 Å². The summed E-state index contributed by atoms with van der Waals surface area (Å²) in [6.07, 6.45) is 5.60. The van der Waals surface area contributed by atoms with Crippen molar-refractivity contribution in [1.29, 1.82) is 0 Å². The van der Waals surface area contributed by atoms with E-state index in [0.29, 0.717) is 35.6 Å². The van der Waals surface area contributed by atoms with Gasteiger partial charge in [0.15, 0.2) is 6.61 Å². The molecule has 4 rings (SSSR count). The van der Waals surface area contributed by atoms with E-state index >= 15 is 0 Å². The number of carbonyl (C=O) groups is 1. The molecule has 2 saturated carbocycles. The number of fused-ring (bicyclic) bond motifs is 1.